The highest BCUT2D eigenvalue weighted by Crippen LogP contribution is 2.30. The van der Waals surface area contributed by atoms with Crippen molar-refractivity contribution in [1.29, 1.82) is 0 Å². The van der Waals surface area contributed by atoms with Crippen LogP contribution in [0.4, 0.5) is 0 Å². The molecule has 11 heavy (non-hydrogen) atoms. The van der Waals surface area contributed by atoms with E-state index in [9.17, 15) is 4.79 Å². The molecular weight excluding hydrogens is 140 g/mol. The van der Waals surface area contributed by atoms with E-state index in [2.05, 4.69) is 17.6 Å². The third-order valence-corrected chi connectivity index (χ3v) is 2.41. The Morgan fingerprint density at radius 3 is 2.55 bits per heavy atom. The standard InChI is InChI=1S/C8H16N2O/c1-8(4-3-5-8)10-6-7(11)9-2/h10H,3-6H2,1-2H3,(H,9,11). The molecule has 3 heteroatoms. The van der Waals surface area contributed by atoms with Crippen molar-refractivity contribution in [2.45, 2.75) is 31.7 Å². The first-order valence-corrected chi connectivity index (χ1v) is 4.12. The third-order valence-electron chi connectivity index (χ3n) is 2.41. The Hall–Kier alpha value is -0.570. The Balaban J connectivity index is 2.16. The first-order valence-electron chi connectivity index (χ1n) is 4.12. The number of hydrogen-bond donors (Lipinski definition) is 2. The molecule has 0 unspecified atom stereocenters. The average molecular weight is 156 g/mol. The molecule has 0 saturated heterocycles. The van der Waals surface area contributed by atoms with Crippen molar-refractivity contribution in [3.05, 3.63) is 0 Å². The van der Waals surface area contributed by atoms with Gasteiger partial charge < -0.3 is 10.6 Å². The Kier molecular flexibility index (Phi) is 2.49. The van der Waals surface area contributed by atoms with Crippen LogP contribution in [0.1, 0.15) is 26.2 Å². The average Bonchev–Trinajstić information content (AvgIpc) is 1.96. The normalized spacial score (nSPS) is 20.5. The molecule has 64 valence electrons. The molecule has 1 fully saturated rings. The topological polar surface area (TPSA) is 41.1 Å². The zero-order valence-corrected chi connectivity index (χ0v) is 7.24. The van der Waals surface area contributed by atoms with Gasteiger partial charge in [-0.1, -0.05) is 0 Å². The summed E-state index contributed by atoms with van der Waals surface area (Å²) in [6, 6.07) is 0. The van der Waals surface area contributed by atoms with E-state index in [1.165, 1.54) is 19.3 Å². The molecule has 1 aliphatic carbocycles. The Morgan fingerprint density at radius 1 is 1.55 bits per heavy atom. The molecule has 3 nitrogen and oxygen atoms in total. The van der Waals surface area contributed by atoms with Crippen LogP contribution in [0.5, 0.6) is 0 Å². The van der Waals surface area contributed by atoms with Gasteiger partial charge in [0.25, 0.3) is 0 Å². The van der Waals surface area contributed by atoms with Crippen LogP contribution in [0.15, 0.2) is 0 Å². The van der Waals surface area contributed by atoms with Crippen LogP contribution >= 0.6 is 0 Å². The first kappa shape index (κ1) is 8.53. The highest BCUT2D eigenvalue weighted by atomic mass is 16.1. The second-order valence-electron chi connectivity index (χ2n) is 3.44. The van der Waals surface area contributed by atoms with Gasteiger partial charge in [-0.3, -0.25) is 4.79 Å². The van der Waals surface area contributed by atoms with Gasteiger partial charge in [0.2, 0.25) is 5.91 Å². The molecule has 1 aliphatic rings. The van der Waals surface area contributed by atoms with Crippen LogP contribution in [-0.4, -0.2) is 25.0 Å². The molecule has 0 aromatic heterocycles. The SMILES string of the molecule is CNC(=O)CNC1(C)CCC1. The van der Waals surface area contributed by atoms with E-state index >= 15 is 0 Å². The molecule has 1 saturated carbocycles. The monoisotopic (exact) mass is 156 g/mol. The largest absolute Gasteiger partial charge is 0.358 e. The van der Waals surface area contributed by atoms with E-state index in [0.717, 1.165) is 0 Å². The smallest absolute Gasteiger partial charge is 0.233 e. The molecule has 2 N–H and O–H groups in total. The first-order chi connectivity index (χ1) is 5.16. The lowest BCUT2D eigenvalue weighted by Crippen LogP contribution is -2.51. The van der Waals surface area contributed by atoms with E-state index in [-0.39, 0.29) is 11.4 Å². The molecular formula is C8H16N2O. The van der Waals surface area contributed by atoms with E-state index in [0.29, 0.717) is 6.54 Å². The highest BCUT2D eigenvalue weighted by Gasteiger charge is 2.31. The number of rotatable bonds is 3. The minimum Gasteiger partial charge on any atom is -0.358 e. The molecule has 0 radical (unpaired) electrons. The van der Waals surface area contributed by atoms with Gasteiger partial charge in [0.1, 0.15) is 0 Å². The number of carbonyl (C=O) groups excluding carboxylic acids is 1. The van der Waals surface area contributed by atoms with Gasteiger partial charge in [0.15, 0.2) is 0 Å². The zero-order chi connectivity index (χ0) is 8.32. The number of hydrogen-bond acceptors (Lipinski definition) is 2. The molecule has 0 aliphatic heterocycles. The minimum absolute atomic E-state index is 0.0677. The number of amides is 1. The molecule has 0 atom stereocenters. The lowest BCUT2D eigenvalue weighted by Gasteiger charge is -2.39. The van der Waals surface area contributed by atoms with Gasteiger partial charge in [-0.05, 0) is 26.2 Å². The van der Waals surface area contributed by atoms with Crippen molar-refractivity contribution in [3.8, 4) is 0 Å². The lowest BCUT2D eigenvalue weighted by atomic mass is 9.78. The molecule has 1 amide bonds. The van der Waals surface area contributed by atoms with Crippen molar-refractivity contribution in [1.82, 2.24) is 10.6 Å². The maximum absolute atomic E-state index is 10.8. The summed E-state index contributed by atoms with van der Waals surface area (Å²) >= 11 is 0. The van der Waals surface area contributed by atoms with Crippen molar-refractivity contribution in [2.75, 3.05) is 13.6 Å². The summed E-state index contributed by atoms with van der Waals surface area (Å²) in [5, 5.41) is 5.82. The fourth-order valence-corrected chi connectivity index (χ4v) is 1.27. The summed E-state index contributed by atoms with van der Waals surface area (Å²) < 4.78 is 0. The van der Waals surface area contributed by atoms with Crippen LogP contribution in [-0.2, 0) is 4.79 Å². The van der Waals surface area contributed by atoms with Gasteiger partial charge in [-0.2, -0.15) is 0 Å². The molecule has 0 heterocycles. The summed E-state index contributed by atoms with van der Waals surface area (Å²) in [4.78, 5) is 10.8. The van der Waals surface area contributed by atoms with Crippen LogP contribution in [0.25, 0.3) is 0 Å². The van der Waals surface area contributed by atoms with Gasteiger partial charge in [-0.25, -0.2) is 0 Å². The predicted molar refractivity (Wildman–Crippen MR) is 44.3 cm³/mol. The molecule has 0 aromatic rings. The van der Waals surface area contributed by atoms with Gasteiger partial charge in [0.05, 0.1) is 6.54 Å². The molecule has 1 rings (SSSR count). The second kappa shape index (κ2) is 3.22. The maximum atomic E-state index is 10.8. The van der Waals surface area contributed by atoms with Gasteiger partial charge >= 0.3 is 0 Å². The Morgan fingerprint density at radius 2 is 2.18 bits per heavy atom. The van der Waals surface area contributed by atoms with E-state index in [1.54, 1.807) is 7.05 Å². The van der Waals surface area contributed by atoms with Crippen molar-refractivity contribution >= 4 is 5.91 Å². The quantitative estimate of drug-likeness (QED) is 0.615. The zero-order valence-electron chi connectivity index (χ0n) is 7.24. The minimum atomic E-state index is 0.0677. The van der Waals surface area contributed by atoms with Crippen LogP contribution < -0.4 is 10.6 Å². The van der Waals surface area contributed by atoms with Crippen LogP contribution in [0.3, 0.4) is 0 Å². The fraction of sp³-hybridized carbons (Fsp3) is 0.875. The Labute approximate surface area is 67.5 Å². The van der Waals surface area contributed by atoms with E-state index < -0.39 is 0 Å². The number of carbonyl (C=O) groups is 1. The van der Waals surface area contributed by atoms with Crippen molar-refractivity contribution in [3.63, 3.8) is 0 Å². The van der Waals surface area contributed by atoms with Crippen LogP contribution in [0, 0.1) is 0 Å². The third kappa shape index (κ3) is 2.19. The van der Waals surface area contributed by atoms with Crippen molar-refractivity contribution in [2.24, 2.45) is 0 Å². The summed E-state index contributed by atoms with van der Waals surface area (Å²) in [5.74, 6) is 0.0677. The number of nitrogens with one attached hydrogen (secondary N) is 2. The summed E-state index contributed by atoms with van der Waals surface area (Å²) in [5.41, 5.74) is 0.243. The van der Waals surface area contributed by atoms with E-state index in [4.69, 9.17) is 0 Å². The second-order valence-corrected chi connectivity index (χ2v) is 3.44. The van der Waals surface area contributed by atoms with E-state index in [1.807, 2.05) is 0 Å². The Bertz CT molecular complexity index is 152. The van der Waals surface area contributed by atoms with Crippen LogP contribution in [0.2, 0.25) is 0 Å². The summed E-state index contributed by atoms with van der Waals surface area (Å²) in [6.07, 6.45) is 3.69. The maximum Gasteiger partial charge on any atom is 0.233 e. The van der Waals surface area contributed by atoms with Gasteiger partial charge in [0, 0.05) is 12.6 Å². The summed E-state index contributed by atoms with van der Waals surface area (Å²) in [6.45, 7) is 2.62. The predicted octanol–water partition coefficient (Wildman–Crippen LogP) is 0.265. The molecule has 0 aromatic carbocycles. The molecule has 0 bridgehead atoms. The number of likely N-dealkylation sites (N-methyl/N-ethyl adjacent to an activating group) is 1. The van der Waals surface area contributed by atoms with Crippen molar-refractivity contribution < 1.29 is 4.79 Å². The van der Waals surface area contributed by atoms with Gasteiger partial charge in [-0.15, -0.1) is 0 Å². The lowest BCUT2D eigenvalue weighted by molar-refractivity contribution is -0.120. The highest BCUT2D eigenvalue weighted by molar-refractivity contribution is 5.77. The fourth-order valence-electron chi connectivity index (χ4n) is 1.27. The summed E-state index contributed by atoms with van der Waals surface area (Å²) in [7, 11) is 1.66. The molecule has 0 spiro atoms.